The molecule has 8 nitrogen and oxygen atoms in total. The average Bonchev–Trinajstić information content (AvgIpc) is 3.36. The third-order valence-corrected chi connectivity index (χ3v) is 4.90. The fraction of sp³-hybridized carbons (Fsp3) is 0.0833. The number of amides is 4. The molecule has 0 aliphatic carbocycles. The number of benzene rings is 2. The van der Waals surface area contributed by atoms with E-state index >= 15 is 0 Å². The number of hydrogen-bond acceptors (Lipinski definition) is 5. The van der Waals surface area contributed by atoms with Crippen molar-refractivity contribution in [3.05, 3.63) is 83.5 Å². The predicted molar refractivity (Wildman–Crippen MR) is 117 cm³/mol. The second-order valence-electron chi connectivity index (χ2n) is 7.24. The van der Waals surface area contributed by atoms with Gasteiger partial charge in [-0.1, -0.05) is 36.4 Å². The Kier molecular flexibility index (Phi) is 5.86. The van der Waals surface area contributed by atoms with E-state index in [2.05, 4.69) is 10.6 Å². The average molecular weight is 447 g/mol. The first-order chi connectivity index (χ1) is 15.8. The molecule has 0 unspecified atom stereocenters. The van der Waals surface area contributed by atoms with Crippen LogP contribution < -0.4 is 10.6 Å². The zero-order valence-electron chi connectivity index (χ0n) is 17.4. The monoisotopic (exact) mass is 447 g/mol. The number of rotatable bonds is 6. The second-order valence-corrected chi connectivity index (χ2v) is 7.24. The molecule has 2 N–H and O–H groups in total. The molecule has 0 spiro atoms. The van der Waals surface area contributed by atoms with E-state index in [1.165, 1.54) is 31.2 Å². The highest BCUT2D eigenvalue weighted by Gasteiger charge is 2.35. The van der Waals surface area contributed by atoms with Crippen LogP contribution in [0.15, 0.2) is 70.8 Å². The largest absolute Gasteiger partial charge is 0.457 e. The molecule has 4 amide bonds. The van der Waals surface area contributed by atoms with E-state index in [1.807, 2.05) is 0 Å². The molecule has 2 aromatic carbocycles. The molecule has 1 aliphatic heterocycles. The molecule has 3 aromatic rings. The van der Waals surface area contributed by atoms with Crippen LogP contribution in [-0.4, -0.2) is 35.1 Å². The Labute approximate surface area is 187 Å². The van der Waals surface area contributed by atoms with Gasteiger partial charge in [0.2, 0.25) is 5.91 Å². The van der Waals surface area contributed by atoms with Crippen LogP contribution in [0, 0.1) is 5.82 Å². The number of carbonyl (C=O) groups is 4. The van der Waals surface area contributed by atoms with Crippen molar-refractivity contribution in [3.63, 3.8) is 0 Å². The van der Waals surface area contributed by atoms with E-state index in [0.717, 1.165) is 5.56 Å². The van der Waals surface area contributed by atoms with Gasteiger partial charge in [-0.25, -0.2) is 14.1 Å². The number of furan rings is 1. The topological polar surface area (TPSA) is 109 Å². The molecule has 0 radical (unpaired) electrons. The minimum absolute atomic E-state index is 0.0472. The summed E-state index contributed by atoms with van der Waals surface area (Å²) in [6.45, 7) is 0.897. The van der Waals surface area contributed by atoms with Gasteiger partial charge in [-0.2, -0.15) is 0 Å². The van der Waals surface area contributed by atoms with Crippen LogP contribution in [0.2, 0.25) is 0 Å². The zero-order valence-corrected chi connectivity index (χ0v) is 17.4. The number of hydrogen-bond donors (Lipinski definition) is 2. The van der Waals surface area contributed by atoms with Crippen molar-refractivity contribution >= 4 is 35.4 Å². The summed E-state index contributed by atoms with van der Waals surface area (Å²) in [7, 11) is 0. The van der Waals surface area contributed by atoms with Crippen LogP contribution in [0.1, 0.15) is 23.0 Å². The number of Topliss-reactive ketones (excluding diaryl/α,β-unsaturated/α-hetero) is 1. The molecular formula is C24H18FN3O5. The van der Waals surface area contributed by atoms with Crippen LogP contribution in [0.25, 0.3) is 17.4 Å². The summed E-state index contributed by atoms with van der Waals surface area (Å²) in [6.07, 6.45) is 1.35. The number of carbonyl (C=O) groups excluding carboxylic acids is 4. The lowest BCUT2D eigenvalue weighted by Gasteiger charge is -2.12. The summed E-state index contributed by atoms with van der Waals surface area (Å²) in [6, 6.07) is 14.9. The van der Waals surface area contributed by atoms with Crippen molar-refractivity contribution in [1.29, 1.82) is 0 Å². The van der Waals surface area contributed by atoms with E-state index in [1.54, 1.807) is 42.5 Å². The van der Waals surface area contributed by atoms with Gasteiger partial charge in [0.05, 0.1) is 5.69 Å². The molecule has 1 saturated heterocycles. The molecule has 1 aliphatic rings. The molecule has 33 heavy (non-hydrogen) atoms. The predicted octanol–water partition coefficient (Wildman–Crippen LogP) is 3.82. The summed E-state index contributed by atoms with van der Waals surface area (Å²) in [4.78, 5) is 49.1. The number of urea groups is 1. The molecule has 4 rings (SSSR count). The number of para-hydroxylation sites is 1. The number of halogens is 1. The maximum Gasteiger partial charge on any atom is 0.329 e. The van der Waals surface area contributed by atoms with Crippen molar-refractivity contribution < 1.29 is 28.0 Å². The Morgan fingerprint density at radius 2 is 1.79 bits per heavy atom. The quantitative estimate of drug-likeness (QED) is 0.339. The molecule has 0 bridgehead atoms. The summed E-state index contributed by atoms with van der Waals surface area (Å²) in [5.41, 5.74) is 1.19. The third kappa shape index (κ3) is 4.72. The SMILES string of the molecule is CC(=O)c1ccc(-c2ccc(/C=C3/NC(=O)N(CC(=O)Nc4ccccc4F)C3=O)o2)cc1. The van der Waals surface area contributed by atoms with Crippen molar-refractivity contribution in [2.75, 3.05) is 11.9 Å². The van der Waals surface area contributed by atoms with Gasteiger partial charge in [0.1, 0.15) is 29.6 Å². The van der Waals surface area contributed by atoms with E-state index in [9.17, 15) is 23.6 Å². The van der Waals surface area contributed by atoms with Gasteiger partial charge in [-0.15, -0.1) is 0 Å². The maximum atomic E-state index is 13.7. The molecule has 1 fully saturated rings. The van der Waals surface area contributed by atoms with Crippen molar-refractivity contribution in [1.82, 2.24) is 10.2 Å². The normalized spacial score (nSPS) is 14.5. The fourth-order valence-electron chi connectivity index (χ4n) is 3.21. The third-order valence-electron chi connectivity index (χ3n) is 4.90. The molecule has 0 atom stereocenters. The fourth-order valence-corrected chi connectivity index (χ4v) is 3.21. The minimum Gasteiger partial charge on any atom is -0.457 e. The summed E-state index contributed by atoms with van der Waals surface area (Å²) in [5.74, 6) is -1.30. The van der Waals surface area contributed by atoms with E-state index in [0.29, 0.717) is 22.0 Å². The van der Waals surface area contributed by atoms with Gasteiger partial charge >= 0.3 is 6.03 Å². The van der Waals surface area contributed by atoms with Crippen LogP contribution in [-0.2, 0) is 9.59 Å². The summed E-state index contributed by atoms with van der Waals surface area (Å²) < 4.78 is 19.4. The van der Waals surface area contributed by atoms with E-state index in [4.69, 9.17) is 4.42 Å². The smallest absolute Gasteiger partial charge is 0.329 e. The zero-order chi connectivity index (χ0) is 23.5. The number of nitrogens with one attached hydrogen (secondary N) is 2. The Hall–Kier alpha value is -4.53. The van der Waals surface area contributed by atoms with Crippen molar-refractivity contribution in [2.24, 2.45) is 0 Å². The van der Waals surface area contributed by atoms with Crippen LogP contribution in [0.3, 0.4) is 0 Å². The van der Waals surface area contributed by atoms with Crippen molar-refractivity contribution in [3.8, 4) is 11.3 Å². The molecular weight excluding hydrogens is 429 g/mol. The Bertz CT molecular complexity index is 1290. The molecule has 2 heterocycles. The van der Waals surface area contributed by atoms with Crippen LogP contribution in [0.5, 0.6) is 0 Å². The number of nitrogens with zero attached hydrogens (tertiary/aromatic N) is 1. The highest BCUT2D eigenvalue weighted by molar-refractivity contribution is 6.15. The highest BCUT2D eigenvalue weighted by Crippen LogP contribution is 2.25. The first-order valence-electron chi connectivity index (χ1n) is 9.92. The van der Waals surface area contributed by atoms with Crippen LogP contribution >= 0.6 is 0 Å². The lowest BCUT2D eigenvalue weighted by atomic mass is 10.1. The van der Waals surface area contributed by atoms with Gasteiger partial charge in [-0.05, 0) is 31.2 Å². The Morgan fingerprint density at radius 1 is 1.06 bits per heavy atom. The van der Waals surface area contributed by atoms with Gasteiger partial charge in [-0.3, -0.25) is 14.4 Å². The van der Waals surface area contributed by atoms with Gasteiger partial charge in [0.25, 0.3) is 5.91 Å². The van der Waals surface area contributed by atoms with Gasteiger partial charge in [0, 0.05) is 17.2 Å². The number of imide groups is 1. The molecule has 166 valence electrons. The standard InChI is InChI=1S/C24H18FN3O5/c1-14(29)15-6-8-16(9-7-15)21-11-10-17(33-21)12-20-23(31)28(24(32)27-20)13-22(30)26-19-5-3-2-4-18(19)25/h2-12H,13H2,1H3,(H,26,30)(H,27,32)/b20-12+. The summed E-state index contributed by atoms with van der Waals surface area (Å²) >= 11 is 0. The highest BCUT2D eigenvalue weighted by atomic mass is 19.1. The molecule has 1 aromatic heterocycles. The Balaban J connectivity index is 1.45. The first kappa shape index (κ1) is 21.7. The molecule has 0 saturated carbocycles. The number of ketones is 1. The first-order valence-corrected chi connectivity index (χ1v) is 9.92. The summed E-state index contributed by atoms with van der Waals surface area (Å²) in [5, 5.41) is 4.73. The van der Waals surface area contributed by atoms with Gasteiger partial charge in [0.15, 0.2) is 5.78 Å². The lowest BCUT2D eigenvalue weighted by Crippen LogP contribution is -2.38. The van der Waals surface area contributed by atoms with Crippen molar-refractivity contribution in [2.45, 2.75) is 6.92 Å². The lowest BCUT2D eigenvalue weighted by molar-refractivity contribution is -0.127. The Morgan fingerprint density at radius 3 is 2.48 bits per heavy atom. The maximum absolute atomic E-state index is 13.7. The second kappa shape index (κ2) is 8.91. The van der Waals surface area contributed by atoms with Crippen LogP contribution in [0.4, 0.5) is 14.9 Å². The van der Waals surface area contributed by atoms with E-state index in [-0.39, 0.29) is 17.2 Å². The van der Waals surface area contributed by atoms with E-state index < -0.39 is 30.2 Å². The molecule has 9 heteroatoms. The minimum atomic E-state index is -0.776. The number of anilines is 1. The van der Waals surface area contributed by atoms with Gasteiger partial charge < -0.3 is 15.1 Å².